The van der Waals surface area contributed by atoms with Gasteiger partial charge in [0, 0.05) is 29.4 Å². The zero-order chi connectivity index (χ0) is 14.1. The van der Waals surface area contributed by atoms with E-state index in [9.17, 15) is 4.39 Å². The van der Waals surface area contributed by atoms with Gasteiger partial charge in [-0.3, -0.25) is 0 Å². The molecule has 0 spiro atoms. The molecule has 20 heavy (non-hydrogen) atoms. The average molecular weight is 291 g/mol. The van der Waals surface area contributed by atoms with Crippen molar-refractivity contribution in [2.75, 3.05) is 18.0 Å². The quantitative estimate of drug-likeness (QED) is 0.937. The van der Waals surface area contributed by atoms with Gasteiger partial charge in [0.1, 0.15) is 5.82 Å². The van der Waals surface area contributed by atoms with Crippen LogP contribution in [0, 0.1) is 5.82 Å². The maximum Gasteiger partial charge on any atom is 0.128 e. The van der Waals surface area contributed by atoms with E-state index in [1.54, 1.807) is 12.1 Å². The van der Waals surface area contributed by atoms with Crippen molar-refractivity contribution in [3.63, 3.8) is 0 Å². The zero-order valence-electron chi connectivity index (χ0n) is 11.0. The second-order valence-corrected chi connectivity index (χ2v) is 5.43. The summed E-state index contributed by atoms with van der Waals surface area (Å²) in [6.07, 6.45) is 0.967. The molecule has 0 saturated carbocycles. The van der Waals surface area contributed by atoms with Crippen LogP contribution in [-0.4, -0.2) is 13.1 Å². The Balaban J connectivity index is 2.01. The summed E-state index contributed by atoms with van der Waals surface area (Å²) in [5.74, 6) is -0.255. The molecule has 2 aromatic rings. The van der Waals surface area contributed by atoms with Gasteiger partial charge in [0.15, 0.2) is 0 Å². The Hall–Kier alpha value is -1.58. The van der Waals surface area contributed by atoms with Crippen LogP contribution in [0.1, 0.15) is 17.2 Å². The first-order chi connectivity index (χ1) is 9.70. The molecule has 0 radical (unpaired) electrons. The second kappa shape index (κ2) is 5.43. The van der Waals surface area contributed by atoms with Gasteiger partial charge in [-0.1, -0.05) is 29.8 Å². The predicted molar refractivity (Wildman–Crippen MR) is 80.7 cm³/mol. The third kappa shape index (κ3) is 2.28. The maximum absolute atomic E-state index is 14.1. The standard InChI is InChI=1S/C16H16ClFN2/c17-12-5-6-14(18)13(9-12)16(10-19)20-8-7-11-3-1-2-4-15(11)20/h1-6,9,16H,7-8,10,19H2. The molecule has 2 aromatic carbocycles. The van der Waals surface area contributed by atoms with Crippen molar-refractivity contribution < 1.29 is 4.39 Å². The molecule has 2 nitrogen and oxygen atoms in total. The Morgan fingerprint density at radius 2 is 2.05 bits per heavy atom. The lowest BCUT2D eigenvalue weighted by Gasteiger charge is -2.30. The molecule has 0 fully saturated rings. The Labute approximate surface area is 123 Å². The molecule has 1 atom stereocenters. The Bertz CT molecular complexity index is 630. The topological polar surface area (TPSA) is 29.3 Å². The van der Waals surface area contributed by atoms with Crippen LogP contribution >= 0.6 is 11.6 Å². The number of para-hydroxylation sites is 1. The number of fused-ring (bicyclic) bond motifs is 1. The summed E-state index contributed by atoms with van der Waals surface area (Å²) in [6.45, 7) is 1.21. The lowest BCUT2D eigenvalue weighted by molar-refractivity contribution is 0.564. The van der Waals surface area contributed by atoms with Gasteiger partial charge in [-0.2, -0.15) is 0 Å². The molecule has 1 aliphatic rings. The Kier molecular flexibility index (Phi) is 3.64. The summed E-state index contributed by atoms with van der Waals surface area (Å²) in [4.78, 5) is 2.17. The summed E-state index contributed by atoms with van der Waals surface area (Å²) in [6, 6.07) is 12.7. The van der Waals surface area contributed by atoms with Gasteiger partial charge in [0.2, 0.25) is 0 Å². The molecule has 1 aliphatic heterocycles. The number of nitrogens with two attached hydrogens (primary N) is 1. The van der Waals surface area contributed by atoms with E-state index < -0.39 is 0 Å². The molecule has 0 aromatic heterocycles. The van der Waals surface area contributed by atoms with Crippen LogP contribution in [0.4, 0.5) is 10.1 Å². The number of hydrogen-bond donors (Lipinski definition) is 1. The van der Waals surface area contributed by atoms with Crippen LogP contribution in [0.15, 0.2) is 42.5 Å². The summed E-state index contributed by atoms with van der Waals surface area (Å²) in [7, 11) is 0. The van der Waals surface area contributed by atoms with Crippen LogP contribution in [0.25, 0.3) is 0 Å². The first-order valence-electron chi connectivity index (χ1n) is 6.70. The number of benzene rings is 2. The van der Waals surface area contributed by atoms with Gasteiger partial charge < -0.3 is 10.6 Å². The lowest BCUT2D eigenvalue weighted by atomic mass is 10.0. The molecule has 4 heteroatoms. The minimum Gasteiger partial charge on any atom is -0.363 e. The smallest absolute Gasteiger partial charge is 0.128 e. The van der Waals surface area contributed by atoms with Crippen molar-refractivity contribution in [1.82, 2.24) is 0 Å². The van der Waals surface area contributed by atoms with Crippen molar-refractivity contribution in [3.05, 3.63) is 64.4 Å². The van der Waals surface area contributed by atoms with E-state index in [0.29, 0.717) is 17.1 Å². The highest BCUT2D eigenvalue weighted by molar-refractivity contribution is 6.30. The molecule has 3 rings (SSSR count). The van der Waals surface area contributed by atoms with Crippen LogP contribution in [0.5, 0.6) is 0 Å². The summed E-state index contributed by atoms with van der Waals surface area (Å²) < 4.78 is 14.1. The highest BCUT2D eigenvalue weighted by Gasteiger charge is 2.27. The minimum atomic E-state index is -0.255. The normalized spacial score (nSPS) is 15.2. The van der Waals surface area contributed by atoms with E-state index in [4.69, 9.17) is 17.3 Å². The number of nitrogens with zero attached hydrogens (tertiary/aromatic N) is 1. The van der Waals surface area contributed by atoms with Gasteiger partial charge in [-0.25, -0.2) is 4.39 Å². The van der Waals surface area contributed by atoms with E-state index in [0.717, 1.165) is 18.7 Å². The fourth-order valence-electron chi connectivity index (χ4n) is 2.88. The SMILES string of the molecule is NCC(c1cc(Cl)ccc1F)N1CCc2ccccc21. The fourth-order valence-corrected chi connectivity index (χ4v) is 3.06. The van der Waals surface area contributed by atoms with Crippen molar-refractivity contribution in [1.29, 1.82) is 0 Å². The van der Waals surface area contributed by atoms with E-state index in [1.165, 1.54) is 11.6 Å². The van der Waals surface area contributed by atoms with Crippen LogP contribution < -0.4 is 10.6 Å². The monoisotopic (exact) mass is 290 g/mol. The number of anilines is 1. The minimum absolute atomic E-state index is 0.183. The molecule has 1 heterocycles. The maximum atomic E-state index is 14.1. The second-order valence-electron chi connectivity index (χ2n) is 4.99. The highest BCUT2D eigenvalue weighted by atomic mass is 35.5. The van der Waals surface area contributed by atoms with Crippen molar-refractivity contribution >= 4 is 17.3 Å². The third-order valence-corrected chi connectivity index (χ3v) is 4.07. The summed E-state index contributed by atoms with van der Waals surface area (Å²) >= 11 is 6.00. The predicted octanol–water partition coefficient (Wildman–Crippen LogP) is 3.54. The van der Waals surface area contributed by atoms with Crippen molar-refractivity contribution in [2.24, 2.45) is 5.73 Å². The average Bonchev–Trinajstić information content (AvgIpc) is 2.88. The zero-order valence-corrected chi connectivity index (χ0v) is 11.8. The highest BCUT2D eigenvalue weighted by Crippen LogP contribution is 2.35. The first kappa shape index (κ1) is 13.4. The summed E-state index contributed by atoms with van der Waals surface area (Å²) in [5.41, 5.74) is 8.90. The molecule has 2 N–H and O–H groups in total. The van der Waals surface area contributed by atoms with Gasteiger partial charge in [0.05, 0.1) is 6.04 Å². The Morgan fingerprint density at radius 3 is 2.85 bits per heavy atom. The number of rotatable bonds is 3. The lowest BCUT2D eigenvalue weighted by Crippen LogP contribution is -2.33. The Morgan fingerprint density at radius 1 is 1.25 bits per heavy atom. The van der Waals surface area contributed by atoms with E-state index in [2.05, 4.69) is 17.0 Å². The molecular weight excluding hydrogens is 275 g/mol. The van der Waals surface area contributed by atoms with Crippen LogP contribution in [0.2, 0.25) is 5.02 Å². The molecule has 0 bridgehead atoms. The van der Waals surface area contributed by atoms with Crippen LogP contribution in [-0.2, 0) is 6.42 Å². The largest absolute Gasteiger partial charge is 0.363 e. The number of hydrogen-bond acceptors (Lipinski definition) is 2. The first-order valence-corrected chi connectivity index (χ1v) is 7.08. The molecule has 0 saturated heterocycles. The fraction of sp³-hybridized carbons (Fsp3) is 0.250. The molecule has 0 amide bonds. The van der Waals surface area contributed by atoms with Gasteiger partial charge in [-0.15, -0.1) is 0 Å². The molecule has 0 aliphatic carbocycles. The van der Waals surface area contributed by atoms with Gasteiger partial charge in [0.25, 0.3) is 0 Å². The van der Waals surface area contributed by atoms with E-state index >= 15 is 0 Å². The molecular formula is C16H16ClFN2. The number of halogens is 2. The van der Waals surface area contributed by atoms with Crippen molar-refractivity contribution in [2.45, 2.75) is 12.5 Å². The third-order valence-electron chi connectivity index (χ3n) is 3.84. The molecule has 104 valence electrons. The van der Waals surface area contributed by atoms with E-state index in [-0.39, 0.29) is 11.9 Å². The van der Waals surface area contributed by atoms with E-state index in [1.807, 2.05) is 12.1 Å². The summed E-state index contributed by atoms with van der Waals surface area (Å²) in [5, 5.41) is 0.535. The molecule has 1 unspecified atom stereocenters. The van der Waals surface area contributed by atoms with Crippen LogP contribution in [0.3, 0.4) is 0 Å². The van der Waals surface area contributed by atoms with Gasteiger partial charge >= 0.3 is 0 Å². The van der Waals surface area contributed by atoms with Crippen molar-refractivity contribution in [3.8, 4) is 0 Å². The van der Waals surface area contributed by atoms with Gasteiger partial charge in [-0.05, 0) is 36.2 Å².